The van der Waals surface area contributed by atoms with Crippen molar-refractivity contribution >= 4 is 5.70 Å². The van der Waals surface area contributed by atoms with Gasteiger partial charge in [0.2, 0.25) is 0 Å². The zero-order valence-electron chi connectivity index (χ0n) is 26.0. The van der Waals surface area contributed by atoms with Crippen LogP contribution in [-0.4, -0.2) is 30.1 Å². The summed E-state index contributed by atoms with van der Waals surface area (Å²) in [6.45, 7) is 21.1. The van der Waals surface area contributed by atoms with E-state index in [4.69, 9.17) is 5.73 Å². The Labute approximate surface area is 246 Å². The van der Waals surface area contributed by atoms with Crippen LogP contribution in [0.2, 0.25) is 0 Å². The molecule has 222 valence electrons. The van der Waals surface area contributed by atoms with E-state index in [2.05, 4.69) is 68.1 Å². The van der Waals surface area contributed by atoms with Crippen LogP contribution < -0.4 is 11.1 Å². The summed E-state index contributed by atoms with van der Waals surface area (Å²) in [5.41, 5.74) is 12.9. The van der Waals surface area contributed by atoms with E-state index in [1.807, 2.05) is 0 Å². The molecule has 1 aromatic carbocycles. The molecular formula is C37H59N3. The minimum atomic E-state index is -0.0127. The number of nitrogens with two attached hydrogens (primary N) is 1. The summed E-state index contributed by atoms with van der Waals surface area (Å²) in [7, 11) is 0. The van der Waals surface area contributed by atoms with Crippen molar-refractivity contribution in [2.75, 3.05) is 13.1 Å². The van der Waals surface area contributed by atoms with E-state index >= 15 is 0 Å². The third-order valence-corrected chi connectivity index (χ3v) is 10.7. The maximum Gasteiger partial charge on any atom is 0.0473 e. The monoisotopic (exact) mass is 545 g/mol. The zero-order valence-corrected chi connectivity index (χ0v) is 26.0. The molecule has 4 aliphatic rings. The van der Waals surface area contributed by atoms with Crippen molar-refractivity contribution in [1.29, 1.82) is 0 Å². The van der Waals surface area contributed by atoms with Crippen LogP contribution >= 0.6 is 0 Å². The average Bonchev–Trinajstić information content (AvgIpc) is 3.15. The van der Waals surface area contributed by atoms with Crippen LogP contribution in [-0.2, 0) is 6.54 Å². The molecule has 0 radical (unpaired) electrons. The molecule has 1 heterocycles. The van der Waals surface area contributed by atoms with Gasteiger partial charge < -0.3 is 11.1 Å². The van der Waals surface area contributed by atoms with Gasteiger partial charge in [0.25, 0.3) is 0 Å². The third-order valence-electron chi connectivity index (χ3n) is 10.7. The van der Waals surface area contributed by atoms with Crippen LogP contribution in [0, 0.1) is 17.3 Å². The Morgan fingerprint density at radius 1 is 0.950 bits per heavy atom. The smallest absolute Gasteiger partial charge is 0.0473 e. The number of hydrogen-bond acceptors (Lipinski definition) is 3. The molecule has 4 fully saturated rings. The molecule has 0 bridgehead atoms. The van der Waals surface area contributed by atoms with E-state index in [0.29, 0.717) is 12.0 Å². The first kappa shape index (κ1) is 31.1. The van der Waals surface area contributed by atoms with Gasteiger partial charge in [-0.15, -0.1) is 0 Å². The maximum absolute atomic E-state index is 6.52. The lowest BCUT2D eigenvalue weighted by Gasteiger charge is -2.44. The number of likely N-dealkylation sites (tertiary alicyclic amines) is 1. The molecule has 3 nitrogen and oxygen atoms in total. The number of nitrogens with one attached hydrogen (secondary N) is 1. The van der Waals surface area contributed by atoms with E-state index in [-0.39, 0.29) is 11.5 Å². The number of unbranched alkanes of at least 4 members (excludes halogenated alkanes) is 1. The number of hydrogen-bond donors (Lipinski definition) is 2. The highest BCUT2D eigenvalue weighted by atomic mass is 15.1. The Kier molecular flexibility index (Phi) is 11.6. The molecule has 1 spiro atoms. The van der Waals surface area contributed by atoms with Gasteiger partial charge >= 0.3 is 0 Å². The SMILES string of the molecule is C=C(NC1CCCCC1)c1ccc(CN2CCC3(CC2)C(=C)C(N)C(=C)C3CCCC)cc1.CC1CCCCC1. The maximum atomic E-state index is 6.52. The number of piperidine rings is 1. The van der Waals surface area contributed by atoms with Crippen LogP contribution in [0.1, 0.15) is 121 Å². The van der Waals surface area contributed by atoms with Crippen molar-refractivity contribution in [3.8, 4) is 0 Å². The van der Waals surface area contributed by atoms with E-state index in [1.54, 1.807) is 0 Å². The van der Waals surface area contributed by atoms with E-state index in [1.165, 1.54) is 106 Å². The molecule has 3 saturated carbocycles. The molecule has 3 aliphatic carbocycles. The van der Waals surface area contributed by atoms with E-state index in [9.17, 15) is 0 Å². The fourth-order valence-electron chi connectivity index (χ4n) is 7.93. The normalized spacial score (nSPS) is 26.0. The zero-order chi connectivity index (χ0) is 28.5. The highest BCUT2D eigenvalue weighted by molar-refractivity contribution is 5.62. The second-order valence-corrected chi connectivity index (χ2v) is 13.6. The highest BCUT2D eigenvalue weighted by Gasteiger charge is 2.51. The molecule has 2 atom stereocenters. The van der Waals surface area contributed by atoms with Gasteiger partial charge in [-0.05, 0) is 73.7 Å². The molecule has 3 N–H and O–H groups in total. The quantitative estimate of drug-likeness (QED) is 0.320. The summed E-state index contributed by atoms with van der Waals surface area (Å²) in [5.74, 6) is 1.55. The van der Waals surface area contributed by atoms with Crippen LogP contribution in [0.4, 0.5) is 0 Å². The first-order valence-corrected chi connectivity index (χ1v) is 16.7. The van der Waals surface area contributed by atoms with Gasteiger partial charge in [0.15, 0.2) is 0 Å². The lowest BCUT2D eigenvalue weighted by molar-refractivity contribution is 0.0964. The lowest BCUT2D eigenvalue weighted by atomic mass is 9.66. The van der Waals surface area contributed by atoms with Gasteiger partial charge in [-0.3, -0.25) is 4.90 Å². The largest absolute Gasteiger partial charge is 0.382 e. The second kappa shape index (κ2) is 14.9. The molecule has 0 amide bonds. The molecule has 0 aromatic heterocycles. The summed E-state index contributed by atoms with van der Waals surface area (Å²) in [5, 5.41) is 3.66. The summed E-state index contributed by atoms with van der Waals surface area (Å²) >= 11 is 0. The van der Waals surface area contributed by atoms with Crippen molar-refractivity contribution in [3.63, 3.8) is 0 Å². The van der Waals surface area contributed by atoms with Crippen molar-refractivity contribution in [2.24, 2.45) is 23.0 Å². The highest BCUT2D eigenvalue weighted by Crippen LogP contribution is 2.56. The Hall–Kier alpha value is -1.84. The number of nitrogens with zero attached hydrogens (tertiary/aromatic N) is 1. The summed E-state index contributed by atoms with van der Waals surface area (Å²) < 4.78 is 0. The molecule has 1 saturated heterocycles. The lowest BCUT2D eigenvalue weighted by Crippen LogP contribution is -2.43. The standard InChI is InChI=1S/C30H45N3.C7H14/c1-5-6-12-28-22(2)29(31)23(3)30(28)17-19-33(20-18-30)21-25-13-15-26(16-14-25)24(4)32-27-10-8-7-9-11-27;1-7-5-3-2-4-6-7/h13-16,27-29,32H,2-12,17-21,31H2,1H3;7H,2-6H2,1H3. The van der Waals surface area contributed by atoms with Crippen LogP contribution in [0.3, 0.4) is 0 Å². The van der Waals surface area contributed by atoms with Gasteiger partial charge in [-0.2, -0.15) is 0 Å². The molecule has 40 heavy (non-hydrogen) atoms. The molecule has 2 unspecified atom stereocenters. The Morgan fingerprint density at radius 2 is 1.55 bits per heavy atom. The van der Waals surface area contributed by atoms with E-state index in [0.717, 1.165) is 44.1 Å². The van der Waals surface area contributed by atoms with Crippen molar-refractivity contribution < 1.29 is 0 Å². The van der Waals surface area contributed by atoms with E-state index < -0.39 is 0 Å². The summed E-state index contributed by atoms with van der Waals surface area (Å²) in [6, 6.07) is 9.62. The number of rotatable bonds is 8. The Morgan fingerprint density at radius 3 is 2.10 bits per heavy atom. The molecule has 1 aliphatic heterocycles. The van der Waals surface area contributed by atoms with Crippen LogP contribution in [0.5, 0.6) is 0 Å². The van der Waals surface area contributed by atoms with Crippen LogP contribution in [0.25, 0.3) is 5.70 Å². The van der Waals surface area contributed by atoms with Gasteiger partial charge in [0.05, 0.1) is 0 Å². The minimum absolute atomic E-state index is 0.0127. The van der Waals surface area contributed by atoms with Crippen molar-refractivity contribution in [3.05, 3.63) is 66.3 Å². The van der Waals surface area contributed by atoms with Gasteiger partial charge in [-0.25, -0.2) is 0 Å². The van der Waals surface area contributed by atoms with Gasteiger partial charge in [-0.1, -0.05) is 128 Å². The van der Waals surface area contributed by atoms with Gasteiger partial charge in [0.1, 0.15) is 0 Å². The fraction of sp³-hybridized carbons (Fsp3) is 0.676. The predicted molar refractivity (Wildman–Crippen MR) is 174 cm³/mol. The number of benzene rings is 1. The Bertz CT molecular complexity index is 956. The fourth-order valence-corrected chi connectivity index (χ4v) is 7.93. The average molecular weight is 546 g/mol. The summed E-state index contributed by atoms with van der Waals surface area (Å²) in [4.78, 5) is 2.60. The van der Waals surface area contributed by atoms with Crippen molar-refractivity contribution in [1.82, 2.24) is 10.2 Å². The molecule has 3 heteroatoms. The Balaban J connectivity index is 0.000000461. The van der Waals surface area contributed by atoms with Crippen molar-refractivity contribution in [2.45, 2.75) is 129 Å². The summed E-state index contributed by atoms with van der Waals surface area (Å²) in [6.07, 6.45) is 20.1. The molecule has 1 aromatic rings. The first-order chi connectivity index (χ1) is 19.3. The third kappa shape index (κ3) is 7.71. The molecule has 5 rings (SSSR count). The van der Waals surface area contributed by atoms with Crippen LogP contribution in [0.15, 0.2) is 55.1 Å². The molecular weight excluding hydrogens is 486 g/mol. The second-order valence-electron chi connectivity index (χ2n) is 13.6. The topological polar surface area (TPSA) is 41.3 Å². The predicted octanol–water partition coefficient (Wildman–Crippen LogP) is 9.01. The van der Waals surface area contributed by atoms with Gasteiger partial charge in [0, 0.05) is 29.7 Å². The minimum Gasteiger partial charge on any atom is -0.382 e. The first-order valence-electron chi connectivity index (χ1n) is 16.7.